The van der Waals surface area contributed by atoms with Crippen molar-refractivity contribution in [3.63, 3.8) is 0 Å². The largest absolute Gasteiger partial charge is 0.409 e. The molecule has 1 aromatic carbocycles. The molecular formula is C14H14N4O2. The van der Waals surface area contributed by atoms with Gasteiger partial charge in [-0.2, -0.15) is 0 Å². The van der Waals surface area contributed by atoms with Crippen molar-refractivity contribution >= 4 is 11.7 Å². The molecule has 0 bridgehead atoms. The fourth-order valence-electron chi connectivity index (χ4n) is 1.64. The van der Waals surface area contributed by atoms with E-state index < -0.39 is 0 Å². The molecule has 0 aliphatic heterocycles. The minimum absolute atomic E-state index is 0.00678. The van der Waals surface area contributed by atoms with E-state index in [1.165, 1.54) is 0 Å². The van der Waals surface area contributed by atoms with Crippen molar-refractivity contribution in [1.29, 1.82) is 0 Å². The third-order valence-electron chi connectivity index (χ3n) is 2.73. The summed E-state index contributed by atoms with van der Waals surface area (Å²) >= 11 is 0. The minimum atomic E-state index is -0.195. The second kappa shape index (κ2) is 6.33. The van der Waals surface area contributed by atoms with Crippen LogP contribution in [0.25, 0.3) is 0 Å². The number of amidine groups is 1. The summed E-state index contributed by atoms with van der Waals surface area (Å²) in [5.41, 5.74) is 7.43. The number of carbonyl (C=O) groups is 1. The molecule has 1 amide bonds. The molecule has 0 radical (unpaired) electrons. The standard InChI is InChI=1S/C14H14N4O2/c15-13(18-20)11-3-5-12(6-4-11)14(19)17-9-10-2-1-7-16-8-10/h1-8,20H,9H2,(H2,15,18)(H,17,19). The van der Waals surface area contributed by atoms with Crippen molar-refractivity contribution in [1.82, 2.24) is 10.3 Å². The van der Waals surface area contributed by atoms with Gasteiger partial charge in [0, 0.05) is 30.1 Å². The van der Waals surface area contributed by atoms with Gasteiger partial charge in [0.05, 0.1) is 0 Å². The molecule has 0 aliphatic rings. The van der Waals surface area contributed by atoms with Crippen molar-refractivity contribution < 1.29 is 10.0 Å². The molecule has 0 saturated carbocycles. The van der Waals surface area contributed by atoms with Crippen LogP contribution in [0.4, 0.5) is 0 Å². The number of hydrogen-bond acceptors (Lipinski definition) is 4. The summed E-state index contributed by atoms with van der Waals surface area (Å²) in [6.07, 6.45) is 3.37. The van der Waals surface area contributed by atoms with Crippen LogP contribution in [0.2, 0.25) is 0 Å². The van der Waals surface area contributed by atoms with Gasteiger partial charge < -0.3 is 16.3 Å². The van der Waals surface area contributed by atoms with Crippen LogP contribution in [0.15, 0.2) is 53.9 Å². The van der Waals surface area contributed by atoms with Gasteiger partial charge in [-0.3, -0.25) is 9.78 Å². The number of pyridine rings is 1. The van der Waals surface area contributed by atoms with Crippen molar-refractivity contribution in [2.24, 2.45) is 10.9 Å². The molecule has 102 valence electrons. The van der Waals surface area contributed by atoms with E-state index in [-0.39, 0.29) is 11.7 Å². The van der Waals surface area contributed by atoms with Gasteiger partial charge in [-0.15, -0.1) is 0 Å². The molecule has 1 heterocycles. The predicted octanol–water partition coefficient (Wildman–Crippen LogP) is 1.11. The van der Waals surface area contributed by atoms with Crippen LogP contribution in [-0.2, 0) is 6.54 Å². The molecule has 0 spiro atoms. The van der Waals surface area contributed by atoms with Gasteiger partial charge >= 0.3 is 0 Å². The zero-order valence-corrected chi connectivity index (χ0v) is 10.7. The number of benzene rings is 1. The molecule has 0 fully saturated rings. The van der Waals surface area contributed by atoms with Gasteiger partial charge in [0.15, 0.2) is 5.84 Å². The Hall–Kier alpha value is -2.89. The first-order valence-corrected chi connectivity index (χ1v) is 5.96. The van der Waals surface area contributed by atoms with Gasteiger partial charge in [-0.25, -0.2) is 0 Å². The maximum Gasteiger partial charge on any atom is 0.251 e. The van der Waals surface area contributed by atoms with Crippen LogP contribution in [-0.4, -0.2) is 21.9 Å². The highest BCUT2D eigenvalue weighted by Gasteiger charge is 2.06. The Morgan fingerprint density at radius 2 is 1.95 bits per heavy atom. The van der Waals surface area contributed by atoms with E-state index in [0.29, 0.717) is 17.7 Å². The monoisotopic (exact) mass is 270 g/mol. The zero-order valence-electron chi connectivity index (χ0n) is 10.7. The summed E-state index contributed by atoms with van der Waals surface area (Å²) in [6, 6.07) is 10.2. The summed E-state index contributed by atoms with van der Waals surface area (Å²) < 4.78 is 0. The summed E-state index contributed by atoms with van der Waals surface area (Å²) in [5.74, 6) is -0.188. The number of nitrogens with two attached hydrogens (primary N) is 1. The van der Waals surface area contributed by atoms with E-state index in [1.54, 1.807) is 36.7 Å². The molecule has 0 atom stereocenters. The van der Waals surface area contributed by atoms with E-state index in [9.17, 15) is 4.79 Å². The van der Waals surface area contributed by atoms with Crippen molar-refractivity contribution in [3.8, 4) is 0 Å². The Morgan fingerprint density at radius 1 is 1.25 bits per heavy atom. The van der Waals surface area contributed by atoms with E-state index in [4.69, 9.17) is 10.9 Å². The van der Waals surface area contributed by atoms with Crippen molar-refractivity contribution in [3.05, 3.63) is 65.5 Å². The summed E-state index contributed by atoms with van der Waals surface area (Å²) in [5, 5.41) is 14.2. The van der Waals surface area contributed by atoms with Crippen LogP contribution in [0, 0.1) is 0 Å². The Bertz CT molecular complexity index is 609. The lowest BCUT2D eigenvalue weighted by Crippen LogP contribution is -2.23. The molecule has 4 N–H and O–H groups in total. The second-order valence-corrected chi connectivity index (χ2v) is 4.11. The normalized spacial score (nSPS) is 11.1. The molecule has 1 aromatic heterocycles. The number of nitrogens with zero attached hydrogens (tertiary/aromatic N) is 2. The van der Waals surface area contributed by atoms with E-state index >= 15 is 0 Å². The minimum Gasteiger partial charge on any atom is -0.409 e. The van der Waals surface area contributed by atoms with Gasteiger partial charge in [-0.1, -0.05) is 23.4 Å². The van der Waals surface area contributed by atoms with Gasteiger partial charge in [-0.05, 0) is 23.8 Å². The van der Waals surface area contributed by atoms with E-state index in [0.717, 1.165) is 5.56 Å². The van der Waals surface area contributed by atoms with Crippen LogP contribution >= 0.6 is 0 Å². The fourth-order valence-corrected chi connectivity index (χ4v) is 1.64. The number of oxime groups is 1. The Labute approximate surface area is 115 Å². The number of rotatable bonds is 4. The molecule has 6 heteroatoms. The van der Waals surface area contributed by atoms with Crippen molar-refractivity contribution in [2.45, 2.75) is 6.54 Å². The average Bonchev–Trinajstić information content (AvgIpc) is 2.53. The van der Waals surface area contributed by atoms with Gasteiger partial charge in [0.1, 0.15) is 0 Å². The van der Waals surface area contributed by atoms with Crippen molar-refractivity contribution in [2.75, 3.05) is 0 Å². The maximum absolute atomic E-state index is 11.9. The highest BCUT2D eigenvalue weighted by Crippen LogP contribution is 2.05. The van der Waals surface area contributed by atoms with Crippen LogP contribution in [0.3, 0.4) is 0 Å². The smallest absolute Gasteiger partial charge is 0.251 e. The summed E-state index contributed by atoms with van der Waals surface area (Å²) in [6.45, 7) is 0.411. The third-order valence-corrected chi connectivity index (χ3v) is 2.73. The number of aromatic nitrogens is 1. The number of nitrogens with one attached hydrogen (secondary N) is 1. The zero-order chi connectivity index (χ0) is 14.4. The molecule has 20 heavy (non-hydrogen) atoms. The molecule has 0 aliphatic carbocycles. The first-order chi connectivity index (χ1) is 9.70. The Morgan fingerprint density at radius 3 is 2.55 bits per heavy atom. The fraction of sp³-hybridized carbons (Fsp3) is 0.0714. The first-order valence-electron chi connectivity index (χ1n) is 5.96. The second-order valence-electron chi connectivity index (χ2n) is 4.11. The Kier molecular flexibility index (Phi) is 4.28. The topological polar surface area (TPSA) is 101 Å². The lowest BCUT2D eigenvalue weighted by molar-refractivity contribution is 0.0951. The molecule has 2 rings (SSSR count). The first kappa shape index (κ1) is 13.5. The van der Waals surface area contributed by atoms with Gasteiger partial charge in [0.2, 0.25) is 0 Å². The van der Waals surface area contributed by atoms with E-state index in [2.05, 4.69) is 15.5 Å². The molecule has 0 saturated heterocycles. The molecular weight excluding hydrogens is 256 g/mol. The van der Waals surface area contributed by atoms with Crippen LogP contribution in [0.1, 0.15) is 21.5 Å². The lowest BCUT2D eigenvalue weighted by atomic mass is 10.1. The third kappa shape index (κ3) is 3.32. The maximum atomic E-state index is 11.9. The Balaban J connectivity index is 1.99. The molecule has 6 nitrogen and oxygen atoms in total. The number of carbonyl (C=O) groups excluding carboxylic acids is 1. The highest BCUT2D eigenvalue weighted by molar-refractivity contribution is 5.99. The summed E-state index contributed by atoms with van der Waals surface area (Å²) in [4.78, 5) is 15.9. The number of hydrogen-bond donors (Lipinski definition) is 3. The number of amides is 1. The molecule has 2 aromatic rings. The van der Waals surface area contributed by atoms with Crippen LogP contribution < -0.4 is 11.1 Å². The highest BCUT2D eigenvalue weighted by atomic mass is 16.4. The SMILES string of the molecule is N/C(=N\O)c1ccc(C(=O)NCc2cccnc2)cc1. The summed E-state index contributed by atoms with van der Waals surface area (Å²) in [7, 11) is 0. The van der Waals surface area contributed by atoms with Gasteiger partial charge in [0.25, 0.3) is 5.91 Å². The average molecular weight is 270 g/mol. The molecule has 0 unspecified atom stereocenters. The van der Waals surface area contributed by atoms with E-state index in [1.807, 2.05) is 12.1 Å². The lowest BCUT2D eigenvalue weighted by Gasteiger charge is -2.06. The van der Waals surface area contributed by atoms with Crippen LogP contribution in [0.5, 0.6) is 0 Å². The quantitative estimate of drug-likeness (QED) is 0.335. The predicted molar refractivity (Wildman–Crippen MR) is 74.4 cm³/mol.